The molecule has 0 radical (unpaired) electrons. The summed E-state index contributed by atoms with van der Waals surface area (Å²) in [6.45, 7) is 3.45. The van der Waals surface area contributed by atoms with Crippen LogP contribution < -0.4 is 0 Å². The Labute approximate surface area is 174 Å². The molecule has 2 aliphatic rings. The van der Waals surface area contributed by atoms with E-state index in [1.165, 1.54) is 0 Å². The highest BCUT2D eigenvalue weighted by Gasteiger charge is 2.30. The van der Waals surface area contributed by atoms with Crippen molar-refractivity contribution in [3.63, 3.8) is 0 Å². The van der Waals surface area contributed by atoms with Gasteiger partial charge in [-0.2, -0.15) is 4.98 Å². The van der Waals surface area contributed by atoms with Crippen LogP contribution in [0.1, 0.15) is 53.2 Å². The van der Waals surface area contributed by atoms with Crippen molar-refractivity contribution >= 4 is 5.91 Å². The van der Waals surface area contributed by atoms with Crippen LogP contribution in [0.5, 0.6) is 0 Å². The van der Waals surface area contributed by atoms with Gasteiger partial charge in [-0.25, -0.2) is 4.98 Å². The number of hydrogen-bond donors (Lipinski definition) is 0. The minimum absolute atomic E-state index is 0.0645. The molecular formula is C21H25N5O4. The van der Waals surface area contributed by atoms with Crippen LogP contribution >= 0.6 is 0 Å². The lowest BCUT2D eigenvalue weighted by Gasteiger charge is -2.18. The van der Waals surface area contributed by atoms with Crippen molar-refractivity contribution in [1.82, 2.24) is 24.6 Å². The number of nitrogens with zero attached hydrogens (tertiary/aromatic N) is 5. The number of imidazole rings is 1. The second-order valence-electron chi connectivity index (χ2n) is 8.05. The fraction of sp³-hybridized carbons (Fsp3) is 0.524. The second-order valence-corrected chi connectivity index (χ2v) is 8.05. The molecule has 2 fully saturated rings. The molecule has 30 heavy (non-hydrogen) atoms. The minimum Gasteiger partial charge on any atom is -0.454 e. The molecule has 1 atom stereocenters. The maximum atomic E-state index is 12.8. The Morgan fingerprint density at radius 2 is 2.10 bits per heavy atom. The number of rotatable bonds is 6. The number of hydrogen-bond acceptors (Lipinski definition) is 7. The summed E-state index contributed by atoms with van der Waals surface area (Å²) < 4.78 is 18.5. The van der Waals surface area contributed by atoms with Gasteiger partial charge in [0.15, 0.2) is 11.6 Å². The van der Waals surface area contributed by atoms with Crippen LogP contribution in [0.3, 0.4) is 0 Å². The first-order chi connectivity index (χ1) is 14.7. The van der Waals surface area contributed by atoms with Crippen LogP contribution in [-0.4, -0.2) is 56.8 Å². The summed E-state index contributed by atoms with van der Waals surface area (Å²) in [5.41, 5.74) is 0. The third-order valence-corrected chi connectivity index (χ3v) is 5.87. The largest absolute Gasteiger partial charge is 0.454 e. The van der Waals surface area contributed by atoms with Crippen molar-refractivity contribution < 1.29 is 18.5 Å². The van der Waals surface area contributed by atoms with Crippen molar-refractivity contribution in [3.8, 4) is 0 Å². The highest BCUT2D eigenvalue weighted by Crippen LogP contribution is 2.27. The van der Waals surface area contributed by atoms with E-state index in [1.807, 2.05) is 21.7 Å². The summed E-state index contributed by atoms with van der Waals surface area (Å²) in [5, 5.41) is 4.17. The molecule has 9 heteroatoms. The molecule has 1 unspecified atom stereocenters. The fourth-order valence-corrected chi connectivity index (χ4v) is 4.20. The van der Waals surface area contributed by atoms with E-state index in [0.717, 1.165) is 56.4 Å². The SMILES string of the molecule is O=C(c1ccc(Cn2ccnc2)o1)N1CCC(Cc2noc(C3CCOCC3)n2)C1. The van der Waals surface area contributed by atoms with Crippen molar-refractivity contribution in [1.29, 1.82) is 0 Å². The van der Waals surface area contributed by atoms with Crippen LogP contribution in [-0.2, 0) is 17.7 Å². The Hall–Kier alpha value is -2.94. The molecule has 2 aliphatic heterocycles. The monoisotopic (exact) mass is 411 g/mol. The molecule has 9 nitrogen and oxygen atoms in total. The van der Waals surface area contributed by atoms with E-state index in [1.54, 1.807) is 18.6 Å². The lowest BCUT2D eigenvalue weighted by Crippen LogP contribution is -2.28. The summed E-state index contributed by atoms with van der Waals surface area (Å²) >= 11 is 0. The first-order valence-corrected chi connectivity index (χ1v) is 10.5. The van der Waals surface area contributed by atoms with Crippen LogP contribution in [0.4, 0.5) is 0 Å². The topological polar surface area (TPSA) is 99.4 Å². The van der Waals surface area contributed by atoms with Crippen LogP contribution in [0.2, 0.25) is 0 Å². The highest BCUT2D eigenvalue weighted by atomic mass is 16.5. The number of amides is 1. The Morgan fingerprint density at radius 1 is 1.20 bits per heavy atom. The van der Waals surface area contributed by atoms with E-state index < -0.39 is 0 Å². The van der Waals surface area contributed by atoms with Gasteiger partial charge < -0.3 is 23.1 Å². The molecule has 0 N–H and O–H groups in total. The van der Waals surface area contributed by atoms with Gasteiger partial charge in [0.25, 0.3) is 5.91 Å². The number of ether oxygens (including phenoxy) is 1. The average Bonchev–Trinajstić information content (AvgIpc) is 3.57. The summed E-state index contributed by atoms with van der Waals surface area (Å²) in [4.78, 5) is 23.3. The number of carbonyl (C=O) groups is 1. The van der Waals surface area contributed by atoms with Crippen LogP contribution in [0.25, 0.3) is 0 Å². The van der Waals surface area contributed by atoms with Gasteiger partial charge in [-0.15, -0.1) is 0 Å². The summed E-state index contributed by atoms with van der Waals surface area (Å²) in [7, 11) is 0. The Balaban J connectivity index is 1.15. The molecule has 0 saturated carbocycles. The third-order valence-electron chi connectivity index (χ3n) is 5.87. The van der Waals surface area contributed by atoms with Gasteiger partial charge in [0.1, 0.15) is 5.76 Å². The Bertz CT molecular complexity index is 973. The van der Waals surface area contributed by atoms with Crippen molar-refractivity contribution in [2.24, 2.45) is 5.92 Å². The molecule has 5 heterocycles. The predicted molar refractivity (Wildman–Crippen MR) is 105 cm³/mol. The summed E-state index contributed by atoms with van der Waals surface area (Å²) in [5.74, 6) is 3.14. The summed E-state index contributed by atoms with van der Waals surface area (Å²) in [6, 6.07) is 3.60. The van der Waals surface area contributed by atoms with Gasteiger partial charge in [-0.3, -0.25) is 4.79 Å². The third kappa shape index (κ3) is 4.16. The van der Waals surface area contributed by atoms with E-state index in [9.17, 15) is 4.79 Å². The lowest BCUT2D eigenvalue weighted by molar-refractivity contribution is 0.0753. The molecule has 158 valence electrons. The van der Waals surface area contributed by atoms with E-state index in [4.69, 9.17) is 13.7 Å². The molecule has 1 amide bonds. The van der Waals surface area contributed by atoms with Gasteiger partial charge in [0.2, 0.25) is 5.89 Å². The second kappa shape index (κ2) is 8.43. The number of carbonyl (C=O) groups excluding carboxylic acids is 1. The maximum absolute atomic E-state index is 12.8. The first kappa shape index (κ1) is 19.0. The Morgan fingerprint density at radius 3 is 2.93 bits per heavy atom. The minimum atomic E-state index is -0.0645. The fourth-order valence-electron chi connectivity index (χ4n) is 4.20. The first-order valence-electron chi connectivity index (χ1n) is 10.5. The number of aromatic nitrogens is 4. The van der Waals surface area contributed by atoms with E-state index in [0.29, 0.717) is 37.2 Å². The van der Waals surface area contributed by atoms with Gasteiger partial charge >= 0.3 is 0 Å². The van der Waals surface area contributed by atoms with E-state index >= 15 is 0 Å². The van der Waals surface area contributed by atoms with Crippen LogP contribution in [0, 0.1) is 5.92 Å². The molecule has 0 aromatic carbocycles. The van der Waals surface area contributed by atoms with Gasteiger partial charge in [-0.05, 0) is 37.3 Å². The van der Waals surface area contributed by atoms with Crippen LogP contribution in [0.15, 0.2) is 39.8 Å². The zero-order valence-corrected chi connectivity index (χ0v) is 16.8. The van der Waals surface area contributed by atoms with Crippen molar-refractivity contribution in [2.75, 3.05) is 26.3 Å². The van der Waals surface area contributed by atoms with Gasteiger partial charge in [0.05, 0.1) is 12.9 Å². The lowest BCUT2D eigenvalue weighted by atomic mass is 10.0. The predicted octanol–water partition coefficient (Wildman–Crippen LogP) is 2.51. The maximum Gasteiger partial charge on any atom is 0.289 e. The molecule has 3 aromatic rings. The number of furan rings is 1. The molecule has 3 aromatic heterocycles. The van der Waals surface area contributed by atoms with Crippen molar-refractivity contribution in [3.05, 3.63) is 54.1 Å². The van der Waals surface area contributed by atoms with E-state index in [-0.39, 0.29) is 5.91 Å². The standard InChI is InChI=1S/C21H25N5O4/c27-21(18-2-1-17(29-18)13-25-8-6-22-14-25)26-7-3-15(12-26)11-19-23-20(30-24-19)16-4-9-28-10-5-16/h1-2,6,8,14-16H,3-5,7,9-13H2. The summed E-state index contributed by atoms with van der Waals surface area (Å²) in [6.07, 6.45) is 8.81. The molecule has 2 saturated heterocycles. The molecule has 0 aliphatic carbocycles. The molecule has 0 bridgehead atoms. The van der Waals surface area contributed by atoms with E-state index in [2.05, 4.69) is 15.1 Å². The van der Waals surface area contributed by atoms with Crippen molar-refractivity contribution in [2.45, 2.75) is 38.1 Å². The smallest absolute Gasteiger partial charge is 0.289 e. The molecular weight excluding hydrogens is 386 g/mol. The molecule has 0 spiro atoms. The van der Waals surface area contributed by atoms with Gasteiger partial charge in [0, 0.05) is 51.0 Å². The normalized spacial score (nSPS) is 20.1. The van der Waals surface area contributed by atoms with Gasteiger partial charge in [-0.1, -0.05) is 5.16 Å². The average molecular weight is 411 g/mol. The zero-order chi connectivity index (χ0) is 20.3. The number of likely N-dealkylation sites (tertiary alicyclic amines) is 1. The Kier molecular flexibility index (Phi) is 5.35. The molecule has 5 rings (SSSR count). The zero-order valence-electron chi connectivity index (χ0n) is 16.8. The highest BCUT2D eigenvalue weighted by molar-refractivity contribution is 5.91. The quantitative estimate of drug-likeness (QED) is 0.614.